The Bertz CT molecular complexity index is 1070. The van der Waals surface area contributed by atoms with Crippen molar-refractivity contribution in [3.63, 3.8) is 0 Å². The van der Waals surface area contributed by atoms with Gasteiger partial charge in [0.1, 0.15) is 12.4 Å². The number of para-hydroxylation sites is 1. The van der Waals surface area contributed by atoms with E-state index in [1.54, 1.807) is 24.8 Å². The first-order valence-corrected chi connectivity index (χ1v) is 9.24. The molecule has 0 aliphatic carbocycles. The van der Waals surface area contributed by atoms with Crippen LogP contribution in [0.15, 0.2) is 73.4 Å². The van der Waals surface area contributed by atoms with Gasteiger partial charge < -0.3 is 15.5 Å². The molecule has 140 valence electrons. The average Bonchev–Trinajstić information content (AvgIpc) is 3.15. The zero-order chi connectivity index (χ0) is 19.2. The van der Waals surface area contributed by atoms with E-state index < -0.39 is 0 Å². The lowest BCUT2D eigenvalue weighted by atomic mass is 10.1. The van der Waals surface area contributed by atoms with Crippen LogP contribution in [0.4, 0.5) is 0 Å². The Morgan fingerprint density at radius 2 is 1.82 bits per heavy atom. The first-order valence-electron chi connectivity index (χ1n) is 9.24. The minimum absolute atomic E-state index is 0.102. The molecule has 4 aromatic rings. The topological polar surface area (TPSA) is 76.8 Å². The molecule has 1 atom stereocenters. The molecule has 0 unspecified atom stereocenters. The standard InChI is InChI=1S/C23H22N4O/c24-20(12-19-14-27-23-4-2-1-3-22(19)23)16-28-21-11-18(13-26-15-21)6-5-17-7-9-25-10-8-17/h1-11,13-15,20,27H,12,16,24H2/b6-5-/t20-/m0/s1. The zero-order valence-electron chi connectivity index (χ0n) is 15.5. The molecule has 0 fully saturated rings. The van der Waals surface area contributed by atoms with E-state index in [1.807, 2.05) is 48.7 Å². The number of pyridine rings is 2. The van der Waals surface area contributed by atoms with Gasteiger partial charge in [-0.05, 0) is 47.4 Å². The van der Waals surface area contributed by atoms with Crippen molar-refractivity contribution in [2.24, 2.45) is 5.73 Å². The van der Waals surface area contributed by atoms with Crippen LogP contribution in [0.1, 0.15) is 16.7 Å². The number of rotatable bonds is 7. The van der Waals surface area contributed by atoms with Gasteiger partial charge in [-0.15, -0.1) is 0 Å². The van der Waals surface area contributed by atoms with Gasteiger partial charge in [-0.2, -0.15) is 0 Å². The van der Waals surface area contributed by atoms with Gasteiger partial charge in [0, 0.05) is 41.7 Å². The van der Waals surface area contributed by atoms with E-state index in [0.717, 1.165) is 23.1 Å². The lowest BCUT2D eigenvalue weighted by Crippen LogP contribution is -2.30. The molecular weight excluding hydrogens is 348 g/mol. The molecule has 3 aromatic heterocycles. The van der Waals surface area contributed by atoms with Crippen LogP contribution in [-0.2, 0) is 6.42 Å². The molecule has 0 saturated heterocycles. The lowest BCUT2D eigenvalue weighted by molar-refractivity contribution is 0.287. The Morgan fingerprint density at radius 1 is 1.00 bits per heavy atom. The monoisotopic (exact) mass is 370 g/mol. The molecule has 5 nitrogen and oxygen atoms in total. The SMILES string of the molecule is N[C@H](COc1cncc(/C=C\c2ccncc2)c1)Cc1c[nH]c2ccccc12. The van der Waals surface area contributed by atoms with Crippen LogP contribution in [-0.4, -0.2) is 27.6 Å². The van der Waals surface area contributed by atoms with Crippen LogP contribution in [0.25, 0.3) is 23.1 Å². The molecule has 0 aliphatic heterocycles. The second kappa shape index (κ2) is 8.50. The van der Waals surface area contributed by atoms with Crippen LogP contribution in [0.3, 0.4) is 0 Å². The Balaban J connectivity index is 1.36. The molecule has 0 amide bonds. The van der Waals surface area contributed by atoms with Gasteiger partial charge in [0.05, 0.1) is 6.20 Å². The summed E-state index contributed by atoms with van der Waals surface area (Å²) in [5, 5.41) is 1.21. The number of hydrogen-bond donors (Lipinski definition) is 2. The van der Waals surface area contributed by atoms with E-state index in [0.29, 0.717) is 12.4 Å². The quantitative estimate of drug-likeness (QED) is 0.514. The molecule has 0 bridgehead atoms. The molecule has 4 rings (SSSR count). The zero-order valence-corrected chi connectivity index (χ0v) is 15.5. The van der Waals surface area contributed by atoms with Crippen molar-refractivity contribution in [3.05, 3.63) is 90.1 Å². The van der Waals surface area contributed by atoms with Crippen LogP contribution in [0, 0.1) is 0 Å². The van der Waals surface area contributed by atoms with Crippen molar-refractivity contribution >= 4 is 23.1 Å². The molecule has 0 saturated carbocycles. The molecule has 0 radical (unpaired) electrons. The van der Waals surface area contributed by atoms with E-state index in [4.69, 9.17) is 10.5 Å². The smallest absolute Gasteiger partial charge is 0.138 e. The van der Waals surface area contributed by atoms with Crippen molar-refractivity contribution in [2.45, 2.75) is 12.5 Å². The maximum absolute atomic E-state index is 6.30. The van der Waals surface area contributed by atoms with Gasteiger partial charge in [0.2, 0.25) is 0 Å². The number of nitrogens with one attached hydrogen (secondary N) is 1. The van der Waals surface area contributed by atoms with E-state index in [2.05, 4.69) is 27.1 Å². The maximum Gasteiger partial charge on any atom is 0.138 e. The van der Waals surface area contributed by atoms with Crippen molar-refractivity contribution in [3.8, 4) is 5.75 Å². The normalized spacial score (nSPS) is 12.5. The highest BCUT2D eigenvalue weighted by molar-refractivity contribution is 5.83. The number of aromatic amines is 1. The third kappa shape index (κ3) is 4.45. The molecule has 1 aromatic carbocycles. The van der Waals surface area contributed by atoms with E-state index in [-0.39, 0.29) is 6.04 Å². The van der Waals surface area contributed by atoms with E-state index in [9.17, 15) is 0 Å². The van der Waals surface area contributed by atoms with Crippen LogP contribution >= 0.6 is 0 Å². The molecule has 5 heteroatoms. The Labute approximate surface area is 163 Å². The fourth-order valence-electron chi connectivity index (χ4n) is 3.12. The molecule has 0 aliphatic rings. The number of nitrogens with zero attached hydrogens (tertiary/aromatic N) is 2. The summed E-state index contributed by atoms with van der Waals surface area (Å²) in [5.41, 5.74) is 10.7. The van der Waals surface area contributed by atoms with E-state index in [1.165, 1.54) is 10.9 Å². The average molecular weight is 370 g/mol. The highest BCUT2D eigenvalue weighted by atomic mass is 16.5. The van der Waals surface area contributed by atoms with Crippen molar-refractivity contribution in [1.29, 1.82) is 0 Å². The number of aromatic nitrogens is 3. The van der Waals surface area contributed by atoms with Crippen molar-refractivity contribution in [2.75, 3.05) is 6.61 Å². The van der Waals surface area contributed by atoms with Gasteiger partial charge in [-0.3, -0.25) is 9.97 Å². The molecule has 3 heterocycles. The number of fused-ring (bicyclic) bond motifs is 1. The van der Waals surface area contributed by atoms with Gasteiger partial charge in [0.15, 0.2) is 0 Å². The van der Waals surface area contributed by atoms with Gasteiger partial charge in [-0.1, -0.05) is 30.4 Å². The van der Waals surface area contributed by atoms with Crippen molar-refractivity contribution in [1.82, 2.24) is 15.0 Å². The highest BCUT2D eigenvalue weighted by Crippen LogP contribution is 2.19. The van der Waals surface area contributed by atoms with Gasteiger partial charge in [0.25, 0.3) is 0 Å². The Morgan fingerprint density at radius 3 is 2.71 bits per heavy atom. The third-order valence-corrected chi connectivity index (χ3v) is 4.53. The minimum Gasteiger partial charge on any atom is -0.490 e. The number of H-pyrrole nitrogens is 1. The second-order valence-corrected chi connectivity index (χ2v) is 6.70. The largest absolute Gasteiger partial charge is 0.490 e. The first kappa shape index (κ1) is 17.9. The summed E-state index contributed by atoms with van der Waals surface area (Å²) in [5.74, 6) is 0.714. The highest BCUT2D eigenvalue weighted by Gasteiger charge is 2.10. The summed E-state index contributed by atoms with van der Waals surface area (Å²) in [6.07, 6.45) is 13.8. The van der Waals surface area contributed by atoms with Crippen LogP contribution < -0.4 is 10.5 Å². The van der Waals surface area contributed by atoms with Gasteiger partial charge >= 0.3 is 0 Å². The summed E-state index contributed by atoms with van der Waals surface area (Å²) in [7, 11) is 0. The summed E-state index contributed by atoms with van der Waals surface area (Å²) in [4.78, 5) is 11.6. The van der Waals surface area contributed by atoms with Crippen molar-refractivity contribution < 1.29 is 4.74 Å². The first-order chi connectivity index (χ1) is 13.8. The second-order valence-electron chi connectivity index (χ2n) is 6.70. The fraction of sp³-hybridized carbons (Fsp3) is 0.130. The number of ether oxygens (including phenoxy) is 1. The lowest BCUT2D eigenvalue weighted by Gasteiger charge is -2.13. The predicted octanol–water partition coefficient (Wildman–Crippen LogP) is 4.08. The van der Waals surface area contributed by atoms with Gasteiger partial charge in [-0.25, -0.2) is 0 Å². The van der Waals surface area contributed by atoms with Crippen LogP contribution in [0.5, 0.6) is 5.75 Å². The van der Waals surface area contributed by atoms with E-state index >= 15 is 0 Å². The number of hydrogen-bond acceptors (Lipinski definition) is 4. The molecule has 0 spiro atoms. The molecule has 3 N–H and O–H groups in total. The predicted molar refractivity (Wildman–Crippen MR) is 113 cm³/mol. The number of nitrogens with two attached hydrogens (primary N) is 1. The third-order valence-electron chi connectivity index (χ3n) is 4.53. The Kier molecular flexibility index (Phi) is 5.45. The summed E-state index contributed by atoms with van der Waals surface area (Å²) in [6.45, 7) is 0.429. The minimum atomic E-state index is -0.102. The number of benzene rings is 1. The summed E-state index contributed by atoms with van der Waals surface area (Å²) < 4.78 is 5.88. The molecular formula is C23H22N4O. The fourth-order valence-corrected chi connectivity index (χ4v) is 3.12. The molecule has 28 heavy (non-hydrogen) atoms. The Hall–Kier alpha value is -3.44. The summed E-state index contributed by atoms with van der Waals surface area (Å²) >= 11 is 0. The van der Waals surface area contributed by atoms with Crippen LogP contribution in [0.2, 0.25) is 0 Å². The maximum atomic E-state index is 6.30. The summed E-state index contributed by atoms with van der Waals surface area (Å²) in [6, 6.07) is 14.0.